The summed E-state index contributed by atoms with van der Waals surface area (Å²) in [4.78, 5) is 0. The molecule has 1 atom stereocenters. The normalized spacial score (nSPS) is 28.0. The zero-order valence-corrected chi connectivity index (χ0v) is 13.0. The molecule has 19 heavy (non-hydrogen) atoms. The van der Waals surface area contributed by atoms with Gasteiger partial charge in [0.05, 0.1) is 0 Å². The summed E-state index contributed by atoms with van der Waals surface area (Å²) < 4.78 is 0. The van der Waals surface area contributed by atoms with Gasteiger partial charge in [-0.1, -0.05) is 70.9 Å². The minimum Gasteiger partial charge on any atom is -0.0587 e. The zero-order chi connectivity index (χ0) is 13.8. The monoisotopic (exact) mass is 254 g/mol. The van der Waals surface area contributed by atoms with Gasteiger partial charge in [-0.3, -0.25) is 0 Å². The number of hydrogen-bond donors (Lipinski definition) is 0. The van der Waals surface area contributed by atoms with Crippen LogP contribution >= 0.6 is 0 Å². The Labute approximate surface area is 117 Å². The van der Waals surface area contributed by atoms with Crippen molar-refractivity contribution in [3.63, 3.8) is 0 Å². The Hall–Kier alpha value is -1.04. The highest BCUT2D eigenvalue weighted by Crippen LogP contribution is 2.56. The van der Waals surface area contributed by atoms with E-state index in [0.29, 0.717) is 16.7 Å². The number of rotatable bonds is 1. The van der Waals surface area contributed by atoms with Crippen molar-refractivity contribution < 1.29 is 0 Å². The zero-order valence-electron chi connectivity index (χ0n) is 13.0. The minimum atomic E-state index is 0.298. The van der Waals surface area contributed by atoms with Gasteiger partial charge in [-0.05, 0) is 40.9 Å². The van der Waals surface area contributed by atoms with Gasteiger partial charge in [0, 0.05) is 5.41 Å². The smallest absolute Gasteiger partial charge is 0.0148 e. The van der Waals surface area contributed by atoms with Crippen LogP contribution < -0.4 is 0 Å². The van der Waals surface area contributed by atoms with Gasteiger partial charge in [0.25, 0.3) is 0 Å². The molecule has 0 radical (unpaired) electrons. The summed E-state index contributed by atoms with van der Waals surface area (Å²) in [6.07, 6.45) is 6.50. The first-order valence-corrected chi connectivity index (χ1v) is 7.72. The Balaban J connectivity index is 2.15. The van der Waals surface area contributed by atoms with E-state index in [4.69, 9.17) is 0 Å². The van der Waals surface area contributed by atoms with Crippen LogP contribution in [-0.2, 0) is 5.41 Å². The second-order valence-corrected chi connectivity index (χ2v) is 7.63. The van der Waals surface area contributed by atoms with Crippen molar-refractivity contribution >= 4 is 6.08 Å². The predicted octanol–water partition coefficient (Wildman–Crippen LogP) is 5.67. The second kappa shape index (κ2) is 3.98. The van der Waals surface area contributed by atoms with Gasteiger partial charge in [0.15, 0.2) is 0 Å². The van der Waals surface area contributed by atoms with E-state index in [2.05, 4.69) is 58.9 Å². The van der Waals surface area contributed by atoms with Crippen molar-refractivity contribution in [2.45, 2.75) is 65.2 Å². The van der Waals surface area contributed by atoms with Crippen LogP contribution in [0.1, 0.15) is 76.5 Å². The van der Waals surface area contributed by atoms with Crippen molar-refractivity contribution in [2.24, 2.45) is 5.41 Å². The van der Waals surface area contributed by atoms with Crippen LogP contribution in [0, 0.1) is 5.41 Å². The fourth-order valence-corrected chi connectivity index (χ4v) is 4.25. The summed E-state index contributed by atoms with van der Waals surface area (Å²) in [5.41, 5.74) is 6.85. The molecule has 1 aromatic carbocycles. The Kier molecular flexibility index (Phi) is 2.71. The van der Waals surface area contributed by atoms with Crippen molar-refractivity contribution in [3.05, 3.63) is 40.5 Å². The maximum absolute atomic E-state index is 2.50. The third kappa shape index (κ3) is 1.80. The van der Waals surface area contributed by atoms with E-state index in [1.54, 1.807) is 11.1 Å². The van der Waals surface area contributed by atoms with Crippen LogP contribution in [0.5, 0.6) is 0 Å². The summed E-state index contributed by atoms with van der Waals surface area (Å²) in [5, 5.41) is 0. The maximum atomic E-state index is 2.50. The van der Waals surface area contributed by atoms with Crippen molar-refractivity contribution in [3.8, 4) is 0 Å². The van der Waals surface area contributed by atoms with Crippen LogP contribution in [0.4, 0.5) is 0 Å². The molecule has 0 bridgehead atoms. The Bertz CT molecular complexity index is 545. The third-order valence-corrected chi connectivity index (χ3v) is 5.44. The molecule has 0 heteroatoms. The van der Waals surface area contributed by atoms with E-state index in [1.807, 2.05) is 0 Å². The van der Waals surface area contributed by atoms with E-state index in [-0.39, 0.29) is 0 Å². The standard InChI is InChI=1S/C19H26/c1-13(2)14-7-8-16-15(11-14)12-17-18(3,4)9-6-10-19(16,17)5/h7-8,11-13H,6,9-10H2,1-5H3/t19-/m0/s1. The van der Waals surface area contributed by atoms with Gasteiger partial charge in [-0.2, -0.15) is 0 Å². The first-order valence-electron chi connectivity index (χ1n) is 7.72. The van der Waals surface area contributed by atoms with Crippen molar-refractivity contribution in [1.82, 2.24) is 0 Å². The molecule has 0 amide bonds. The van der Waals surface area contributed by atoms with Gasteiger partial charge in [0.1, 0.15) is 0 Å². The van der Waals surface area contributed by atoms with Gasteiger partial charge in [0.2, 0.25) is 0 Å². The van der Waals surface area contributed by atoms with Gasteiger partial charge >= 0.3 is 0 Å². The molecule has 0 N–H and O–H groups in total. The van der Waals surface area contributed by atoms with E-state index >= 15 is 0 Å². The molecule has 0 heterocycles. The van der Waals surface area contributed by atoms with Crippen LogP contribution in [-0.4, -0.2) is 0 Å². The van der Waals surface area contributed by atoms with Gasteiger partial charge in [-0.25, -0.2) is 0 Å². The molecule has 0 saturated heterocycles. The van der Waals surface area contributed by atoms with Gasteiger partial charge < -0.3 is 0 Å². The van der Waals surface area contributed by atoms with Crippen molar-refractivity contribution in [2.75, 3.05) is 0 Å². The molecule has 0 aromatic heterocycles. The Morgan fingerprint density at radius 1 is 1.05 bits per heavy atom. The predicted molar refractivity (Wildman–Crippen MR) is 83.5 cm³/mol. The highest BCUT2D eigenvalue weighted by molar-refractivity contribution is 5.71. The lowest BCUT2D eigenvalue weighted by atomic mass is 9.60. The summed E-state index contributed by atoms with van der Waals surface area (Å²) in [6, 6.07) is 7.16. The molecule has 0 aliphatic heterocycles. The van der Waals surface area contributed by atoms with E-state index in [0.717, 1.165) is 0 Å². The minimum absolute atomic E-state index is 0.298. The summed E-state index contributed by atoms with van der Waals surface area (Å²) in [5.74, 6) is 0.618. The first kappa shape index (κ1) is 13.0. The number of benzene rings is 1. The van der Waals surface area contributed by atoms with Crippen LogP contribution in [0.25, 0.3) is 6.08 Å². The number of allylic oxidation sites excluding steroid dienone is 1. The number of fused-ring (bicyclic) bond motifs is 3. The second-order valence-electron chi connectivity index (χ2n) is 7.63. The average molecular weight is 254 g/mol. The molecule has 3 rings (SSSR count). The SMILES string of the molecule is CC(C)c1ccc2c(c1)C=C1C(C)(C)CCC[C@]12C. The molecular weight excluding hydrogens is 228 g/mol. The lowest BCUT2D eigenvalue weighted by Gasteiger charge is -2.44. The summed E-state index contributed by atoms with van der Waals surface area (Å²) in [6.45, 7) is 11.9. The van der Waals surface area contributed by atoms with E-state index in [9.17, 15) is 0 Å². The van der Waals surface area contributed by atoms with Crippen LogP contribution in [0.3, 0.4) is 0 Å². The molecule has 2 aliphatic carbocycles. The summed E-state index contributed by atoms with van der Waals surface area (Å²) in [7, 11) is 0. The molecular formula is C19H26. The molecule has 1 fully saturated rings. The topological polar surface area (TPSA) is 0 Å². The fourth-order valence-electron chi connectivity index (χ4n) is 4.25. The first-order chi connectivity index (χ1) is 8.84. The van der Waals surface area contributed by atoms with Crippen LogP contribution in [0.2, 0.25) is 0 Å². The third-order valence-electron chi connectivity index (χ3n) is 5.44. The van der Waals surface area contributed by atoms with Gasteiger partial charge in [-0.15, -0.1) is 0 Å². The molecule has 1 saturated carbocycles. The molecule has 0 spiro atoms. The number of hydrogen-bond acceptors (Lipinski definition) is 0. The highest BCUT2D eigenvalue weighted by Gasteiger charge is 2.46. The molecule has 2 aliphatic rings. The highest BCUT2D eigenvalue weighted by atomic mass is 14.5. The van der Waals surface area contributed by atoms with Crippen LogP contribution in [0.15, 0.2) is 23.8 Å². The largest absolute Gasteiger partial charge is 0.0587 e. The maximum Gasteiger partial charge on any atom is 0.0148 e. The van der Waals surface area contributed by atoms with E-state index < -0.39 is 0 Å². The lowest BCUT2D eigenvalue weighted by molar-refractivity contribution is 0.266. The lowest BCUT2D eigenvalue weighted by Crippen LogP contribution is -2.35. The Morgan fingerprint density at radius 3 is 2.47 bits per heavy atom. The average Bonchev–Trinajstić information content (AvgIpc) is 2.63. The molecule has 102 valence electrons. The molecule has 0 nitrogen and oxygen atoms in total. The molecule has 0 unspecified atom stereocenters. The Morgan fingerprint density at radius 2 is 1.79 bits per heavy atom. The molecule has 1 aromatic rings. The quantitative estimate of drug-likeness (QED) is 0.605. The fraction of sp³-hybridized carbons (Fsp3) is 0.579. The van der Waals surface area contributed by atoms with E-state index in [1.165, 1.54) is 30.4 Å². The van der Waals surface area contributed by atoms with Crippen molar-refractivity contribution in [1.29, 1.82) is 0 Å². The summed E-state index contributed by atoms with van der Waals surface area (Å²) >= 11 is 0.